The van der Waals surface area contributed by atoms with Crippen LogP contribution in [0.3, 0.4) is 0 Å². The van der Waals surface area contributed by atoms with E-state index < -0.39 is 22.0 Å². The number of carboxylic acid groups (broad SMARTS) is 1. The molecule has 0 saturated carbocycles. The van der Waals surface area contributed by atoms with Gasteiger partial charge in [0.05, 0.1) is 5.75 Å². The van der Waals surface area contributed by atoms with Crippen molar-refractivity contribution >= 4 is 16.0 Å². The van der Waals surface area contributed by atoms with E-state index in [1.807, 2.05) is 20.8 Å². The summed E-state index contributed by atoms with van der Waals surface area (Å²) in [6, 6.07) is -1.01. The van der Waals surface area contributed by atoms with Gasteiger partial charge in [0.1, 0.15) is 6.04 Å². The van der Waals surface area contributed by atoms with Gasteiger partial charge in [-0.2, -0.15) is 0 Å². The number of carboxylic acids is 1. The summed E-state index contributed by atoms with van der Waals surface area (Å²) < 4.78 is 25.3. The van der Waals surface area contributed by atoms with E-state index in [2.05, 4.69) is 4.72 Å². The summed E-state index contributed by atoms with van der Waals surface area (Å²) in [5.41, 5.74) is 0. The van der Waals surface area contributed by atoms with Crippen molar-refractivity contribution in [3.63, 3.8) is 0 Å². The van der Waals surface area contributed by atoms with Gasteiger partial charge in [0, 0.05) is 0 Å². The normalized spacial score (nSPS) is 14.0. The highest BCUT2D eigenvalue weighted by molar-refractivity contribution is 7.89. The van der Waals surface area contributed by atoms with E-state index in [0.717, 1.165) is 6.42 Å². The maximum absolute atomic E-state index is 11.5. The molecule has 0 bridgehead atoms. The van der Waals surface area contributed by atoms with Crippen molar-refractivity contribution in [2.24, 2.45) is 5.92 Å². The highest BCUT2D eigenvalue weighted by atomic mass is 32.2. The Balaban J connectivity index is 4.44. The summed E-state index contributed by atoms with van der Waals surface area (Å²) in [5.74, 6) is -0.991. The monoisotopic (exact) mass is 251 g/mol. The predicted octanol–water partition coefficient (Wildman–Crippen LogP) is 1.21. The van der Waals surface area contributed by atoms with Crippen LogP contribution in [0.15, 0.2) is 0 Å². The molecule has 0 amide bonds. The molecule has 2 N–H and O–H groups in total. The van der Waals surface area contributed by atoms with Gasteiger partial charge >= 0.3 is 5.97 Å². The van der Waals surface area contributed by atoms with E-state index in [9.17, 15) is 13.2 Å². The number of hydrogen-bond donors (Lipinski definition) is 2. The van der Waals surface area contributed by atoms with Gasteiger partial charge in [0.2, 0.25) is 10.0 Å². The van der Waals surface area contributed by atoms with Crippen molar-refractivity contribution in [3.8, 4) is 0 Å². The second-order valence-corrected chi connectivity index (χ2v) is 6.18. The van der Waals surface area contributed by atoms with Crippen LogP contribution in [0.25, 0.3) is 0 Å². The van der Waals surface area contributed by atoms with Crippen molar-refractivity contribution in [3.05, 3.63) is 0 Å². The fourth-order valence-corrected chi connectivity index (χ4v) is 2.70. The van der Waals surface area contributed by atoms with Crippen LogP contribution < -0.4 is 4.72 Å². The lowest BCUT2D eigenvalue weighted by Gasteiger charge is -2.16. The van der Waals surface area contributed by atoms with Gasteiger partial charge in [0.15, 0.2) is 0 Å². The van der Waals surface area contributed by atoms with Crippen molar-refractivity contribution in [1.29, 1.82) is 0 Å². The number of sulfonamides is 1. The molecular weight excluding hydrogens is 230 g/mol. The minimum Gasteiger partial charge on any atom is -0.480 e. The van der Waals surface area contributed by atoms with Crippen LogP contribution in [0.1, 0.15) is 40.0 Å². The summed E-state index contributed by atoms with van der Waals surface area (Å²) in [6.45, 7) is 5.60. The van der Waals surface area contributed by atoms with E-state index >= 15 is 0 Å². The first kappa shape index (κ1) is 15.4. The van der Waals surface area contributed by atoms with Gasteiger partial charge in [-0.25, -0.2) is 13.1 Å². The minimum absolute atomic E-state index is 0.00856. The number of carbonyl (C=O) groups is 1. The summed E-state index contributed by atoms with van der Waals surface area (Å²) in [6.07, 6.45) is 1.62. The summed E-state index contributed by atoms with van der Waals surface area (Å²) in [4.78, 5) is 10.9. The van der Waals surface area contributed by atoms with Crippen LogP contribution in [0, 0.1) is 5.92 Å². The topological polar surface area (TPSA) is 83.5 Å². The molecule has 0 aliphatic heterocycles. The lowest BCUT2D eigenvalue weighted by molar-refractivity contribution is -0.139. The van der Waals surface area contributed by atoms with Crippen LogP contribution >= 0.6 is 0 Å². The van der Waals surface area contributed by atoms with Crippen LogP contribution in [0.2, 0.25) is 0 Å². The molecule has 6 heteroatoms. The molecule has 0 unspecified atom stereocenters. The minimum atomic E-state index is -3.46. The molecule has 0 fully saturated rings. The Bertz CT molecular complexity index is 311. The zero-order valence-electron chi connectivity index (χ0n) is 10.1. The van der Waals surface area contributed by atoms with Crippen LogP contribution in [0.4, 0.5) is 0 Å². The molecule has 1 atom stereocenters. The quantitative estimate of drug-likeness (QED) is 0.679. The molecule has 0 aromatic rings. The van der Waals surface area contributed by atoms with Gasteiger partial charge < -0.3 is 5.11 Å². The number of nitrogens with one attached hydrogen (secondary N) is 1. The maximum Gasteiger partial charge on any atom is 0.321 e. The molecule has 0 aromatic carbocycles. The molecule has 0 heterocycles. The molecule has 0 aliphatic rings. The lowest BCUT2D eigenvalue weighted by Crippen LogP contribution is -2.42. The number of unbranched alkanes of at least 4 members (excludes halogenated alkanes) is 1. The van der Waals surface area contributed by atoms with Crippen molar-refractivity contribution < 1.29 is 18.3 Å². The fourth-order valence-electron chi connectivity index (χ4n) is 1.28. The molecule has 0 saturated heterocycles. The number of hydrogen-bond acceptors (Lipinski definition) is 3. The van der Waals surface area contributed by atoms with Crippen molar-refractivity contribution in [2.75, 3.05) is 5.75 Å². The van der Waals surface area contributed by atoms with E-state index in [0.29, 0.717) is 12.8 Å². The Labute approximate surface area is 97.3 Å². The second kappa shape index (κ2) is 6.85. The molecular formula is C10H21NO4S. The molecule has 5 nitrogen and oxygen atoms in total. The zero-order valence-corrected chi connectivity index (χ0v) is 10.9. The third-order valence-corrected chi connectivity index (χ3v) is 3.56. The summed E-state index contributed by atoms with van der Waals surface area (Å²) >= 11 is 0. The fraction of sp³-hybridized carbons (Fsp3) is 0.900. The second-order valence-electron chi connectivity index (χ2n) is 4.31. The maximum atomic E-state index is 11.5. The molecule has 96 valence electrons. The smallest absolute Gasteiger partial charge is 0.321 e. The Morgan fingerprint density at radius 1 is 1.38 bits per heavy atom. The molecule has 0 spiro atoms. The summed E-state index contributed by atoms with van der Waals surface area (Å²) in [5, 5.41) is 8.88. The average molecular weight is 251 g/mol. The highest BCUT2D eigenvalue weighted by Gasteiger charge is 2.24. The third kappa shape index (κ3) is 6.79. The standard InChI is InChI=1S/C10H21NO4S/c1-4-5-6-16(14,15)11-9(10(12)13)7-8(2)3/h8-9,11H,4-7H2,1-3H3,(H,12,13)/t9-/m1/s1. The largest absolute Gasteiger partial charge is 0.480 e. The van der Waals surface area contributed by atoms with E-state index in [1.165, 1.54) is 0 Å². The molecule has 0 radical (unpaired) electrons. The SMILES string of the molecule is CCCCS(=O)(=O)N[C@H](CC(C)C)C(=O)O. The Morgan fingerprint density at radius 2 is 1.94 bits per heavy atom. The van der Waals surface area contributed by atoms with Gasteiger partial charge in [-0.1, -0.05) is 27.2 Å². The van der Waals surface area contributed by atoms with Gasteiger partial charge in [-0.3, -0.25) is 4.79 Å². The van der Waals surface area contributed by atoms with Crippen LogP contribution in [0.5, 0.6) is 0 Å². The lowest BCUT2D eigenvalue weighted by atomic mass is 10.1. The van der Waals surface area contributed by atoms with E-state index in [1.54, 1.807) is 0 Å². The Hall–Kier alpha value is -0.620. The van der Waals surface area contributed by atoms with Crippen molar-refractivity contribution in [1.82, 2.24) is 4.72 Å². The average Bonchev–Trinajstić information content (AvgIpc) is 2.12. The first-order valence-electron chi connectivity index (χ1n) is 5.51. The van der Waals surface area contributed by atoms with E-state index in [-0.39, 0.29) is 11.7 Å². The number of rotatable bonds is 8. The van der Waals surface area contributed by atoms with Crippen LogP contribution in [-0.2, 0) is 14.8 Å². The van der Waals surface area contributed by atoms with Gasteiger partial charge in [-0.05, 0) is 18.8 Å². The zero-order chi connectivity index (χ0) is 12.8. The predicted molar refractivity (Wildman–Crippen MR) is 62.7 cm³/mol. The highest BCUT2D eigenvalue weighted by Crippen LogP contribution is 2.07. The summed E-state index contributed by atoms with van der Waals surface area (Å²) in [7, 11) is -3.46. The first-order chi connectivity index (χ1) is 7.28. The molecule has 0 rings (SSSR count). The molecule has 0 aromatic heterocycles. The van der Waals surface area contributed by atoms with Crippen LogP contribution in [-0.4, -0.2) is 31.3 Å². The Kier molecular flexibility index (Phi) is 6.59. The van der Waals surface area contributed by atoms with Gasteiger partial charge in [-0.15, -0.1) is 0 Å². The van der Waals surface area contributed by atoms with Crippen molar-refractivity contribution in [2.45, 2.75) is 46.1 Å². The molecule has 0 aliphatic carbocycles. The third-order valence-electron chi connectivity index (χ3n) is 2.09. The van der Waals surface area contributed by atoms with E-state index in [4.69, 9.17) is 5.11 Å². The van der Waals surface area contributed by atoms with Gasteiger partial charge in [0.25, 0.3) is 0 Å². The number of aliphatic carboxylic acids is 1. The molecule has 16 heavy (non-hydrogen) atoms. The first-order valence-corrected chi connectivity index (χ1v) is 7.16. The Morgan fingerprint density at radius 3 is 2.31 bits per heavy atom.